The maximum atomic E-state index is 13.9. The van der Waals surface area contributed by atoms with E-state index in [-0.39, 0.29) is 24.7 Å². The third kappa shape index (κ3) is 3.55. The summed E-state index contributed by atoms with van der Waals surface area (Å²) in [6.45, 7) is 1.41. The zero-order valence-corrected chi connectivity index (χ0v) is 12.4. The summed E-state index contributed by atoms with van der Waals surface area (Å²) in [6, 6.07) is 1.69. The van der Waals surface area contributed by atoms with Crippen LogP contribution in [0.4, 0.5) is 19.3 Å². The highest BCUT2D eigenvalue weighted by Crippen LogP contribution is 2.26. The predicted octanol–water partition coefficient (Wildman–Crippen LogP) is 1.21. The Balaban J connectivity index is 2.21. The van der Waals surface area contributed by atoms with Gasteiger partial charge >= 0.3 is 12.1 Å². The van der Waals surface area contributed by atoms with Crippen LogP contribution >= 0.6 is 0 Å². The number of hydrogen-bond acceptors (Lipinski definition) is 5. The van der Waals surface area contributed by atoms with E-state index in [1.54, 1.807) is 0 Å². The maximum absolute atomic E-state index is 13.9. The summed E-state index contributed by atoms with van der Waals surface area (Å²) < 4.78 is 37.1. The topological polar surface area (TPSA) is 84.9 Å². The lowest BCUT2D eigenvalue weighted by Crippen LogP contribution is -2.33. The van der Waals surface area contributed by atoms with Crippen LogP contribution in [0.25, 0.3) is 0 Å². The quantitative estimate of drug-likeness (QED) is 0.840. The van der Waals surface area contributed by atoms with E-state index in [0.717, 1.165) is 24.1 Å². The van der Waals surface area contributed by atoms with Crippen LogP contribution in [0.2, 0.25) is 0 Å². The molecule has 1 aliphatic rings. The normalized spacial score (nSPS) is 17.0. The first-order valence-electron chi connectivity index (χ1n) is 6.63. The fourth-order valence-electron chi connectivity index (χ4n) is 2.11. The van der Waals surface area contributed by atoms with Gasteiger partial charge in [0.05, 0.1) is 25.9 Å². The van der Waals surface area contributed by atoms with Crippen LogP contribution < -0.4 is 10.2 Å². The van der Waals surface area contributed by atoms with Gasteiger partial charge in [-0.05, 0) is 12.1 Å². The van der Waals surface area contributed by atoms with Gasteiger partial charge in [-0.25, -0.2) is 18.4 Å². The molecule has 1 aliphatic heterocycles. The van der Waals surface area contributed by atoms with E-state index < -0.39 is 35.4 Å². The van der Waals surface area contributed by atoms with Gasteiger partial charge in [0.2, 0.25) is 5.91 Å². The molecule has 2 rings (SSSR count). The van der Waals surface area contributed by atoms with Crippen LogP contribution in [0.1, 0.15) is 17.3 Å². The molecule has 7 nitrogen and oxygen atoms in total. The fourth-order valence-corrected chi connectivity index (χ4v) is 2.11. The number of nitrogens with zero attached hydrogens (tertiary/aromatic N) is 1. The molecule has 1 saturated heterocycles. The molecule has 1 aromatic rings. The molecule has 1 atom stereocenters. The van der Waals surface area contributed by atoms with Crippen molar-refractivity contribution < 1.29 is 32.6 Å². The first-order valence-corrected chi connectivity index (χ1v) is 6.63. The minimum absolute atomic E-state index is 0.00949. The van der Waals surface area contributed by atoms with E-state index in [2.05, 4.69) is 10.1 Å². The van der Waals surface area contributed by atoms with Crippen LogP contribution in [0.5, 0.6) is 0 Å². The van der Waals surface area contributed by atoms with Crippen molar-refractivity contribution in [3.8, 4) is 0 Å². The lowest BCUT2D eigenvalue weighted by Gasteiger charge is -2.14. The number of halogens is 2. The Morgan fingerprint density at radius 2 is 2.00 bits per heavy atom. The molecular formula is C14H14F2N2O5. The molecule has 0 aliphatic carbocycles. The molecule has 1 heterocycles. The van der Waals surface area contributed by atoms with Gasteiger partial charge in [0.15, 0.2) is 0 Å². The summed E-state index contributed by atoms with van der Waals surface area (Å²) in [5.74, 6) is -3.74. The van der Waals surface area contributed by atoms with Crippen LogP contribution in [-0.4, -0.2) is 44.3 Å². The number of amides is 2. The summed E-state index contributed by atoms with van der Waals surface area (Å²) in [5.41, 5.74) is -0.929. The minimum atomic E-state index is -1.15. The lowest BCUT2D eigenvalue weighted by atomic mass is 10.1. The van der Waals surface area contributed by atoms with Gasteiger partial charge in [0.25, 0.3) is 0 Å². The van der Waals surface area contributed by atoms with Crippen molar-refractivity contribution in [2.24, 2.45) is 0 Å². The Hall–Kier alpha value is -2.71. The number of ether oxygens (including phenoxy) is 2. The molecule has 1 unspecified atom stereocenters. The number of nitrogens with one attached hydrogen (secondary N) is 1. The summed E-state index contributed by atoms with van der Waals surface area (Å²) in [7, 11) is 1.000. The first-order chi connectivity index (χ1) is 10.8. The molecule has 2 amide bonds. The van der Waals surface area contributed by atoms with Crippen molar-refractivity contribution in [2.75, 3.05) is 25.1 Å². The Bertz CT molecular complexity index is 642. The second-order valence-corrected chi connectivity index (χ2v) is 4.83. The highest BCUT2D eigenvalue weighted by Gasteiger charge is 2.33. The summed E-state index contributed by atoms with van der Waals surface area (Å²) >= 11 is 0. The SMILES string of the molecule is COC(=O)c1c(F)cc(N2CC(CNC(C)=O)OC2=O)cc1F. The summed E-state index contributed by atoms with van der Waals surface area (Å²) in [5, 5.41) is 2.48. The fraction of sp³-hybridized carbons (Fsp3) is 0.357. The minimum Gasteiger partial charge on any atom is -0.465 e. The van der Waals surface area contributed by atoms with Crippen LogP contribution in [0.15, 0.2) is 12.1 Å². The van der Waals surface area contributed by atoms with E-state index in [9.17, 15) is 23.2 Å². The molecule has 0 aromatic heterocycles. The number of hydrogen-bond donors (Lipinski definition) is 1. The van der Waals surface area contributed by atoms with Crippen molar-refractivity contribution in [3.05, 3.63) is 29.3 Å². The van der Waals surface area contributed by atoms with E-state index in [0.29, 0.717) is 0 Å². The Kier molecular flexibility index (Phi) is 4.77. The molecule has 0 spiro atoms. The number of carbonyl (C=O) groups excluding carboxylic acids is 3. The molecule has 124 valence electrons. The molecule has 0 bridgehead atoms. The van der Waals surface area contributed by atoms with Crippen LogP contribution in [0.3, 0.4) is 0 Å². The third-order valence-electron chi connectivity index (χ3n) is 3.18. The van der Waals surface area contributed by atoms with E-state index in [1.807, 2.05) is 0 Å². The van der Waals surface area contributed by atoms with Gasteiger partial charge in [-0.3, -0.25) is 9.69 Å². The maximum Gasteiger partial charge on any atom is 0.414 e. The van der Waals surface area contributed by atoms with E-state index in [4.69, 9.17) is 4.74 Å². The van der Waals surface area contributed by atoms with Crippen LogP contribution in [-0.2, 0) is 14.3 Å². The smallest absolute Gasteiger partial charge is 0.414 e. The van der Waals surface area contributed by atoms with Gasteiger partial charge in [0, 0.05) is 6.92 Å². The largest absolute Gasteiger partial charge is 0.465 e. The van der Waals surface area contributed by atoms with Crippen molar-refractivity contribution in [3.63, 3.8) is 0 Å². The first kappa shape index (κ1) is 16.7. The van der Waals surface area contributed by atoms with Crippen molar-refractivity contribution in [1.82, 2.24) is 5.32 Å². The van der Waals surface area contributed by atoms with Gasteiger partial charge in [-0.1, -0.05) is 0 Å². The molecule has 1 aromatic carbocycles. The average Bonchev–Trinajstić information content (AvgIpc) is 2.85. The van der Waals surface area contributed by atoms with Crippen LogP contribution in [0, 0.1) is 11.6 Å². The molecule has 9 heteroatoms. The zero-order chi connectivity index (χ0) is 17.1. The summed E-state index contributed by atoms with van der Waals surface area (Å²) in [4.78, 5) is 34.9. The lowest BCUT2D eigenvalue weighted by molar-refractivity contribution is -0.119. The number of rotatable bonds is 4. The molecule has 23 heavy (non-hydrogen) atoms. The third-order valence-corrected chi connectivity index (χ3v) is 3.18. The molecule has 0 saturated carbocycles. The molecule has 1 N–H and O–H groups in total. The van der Waals surface area contributed by atoms with E-state index >= 15 is 0 Å². The monoisotopic (exact) mass is 328 g/mol. The van der Waals surface area contributed by atoms with Gasteiger partial charge < -0.3 is 14.8 Å². The highest BCUT2D eigenvalue weighted by atomic mass is 19.1. The van der Waals surface area contributed by atoms with Crippen molar-refractivity contribution in [2.45, 2.75) is 13.0 Å². The number of esters is 1. The number of carbonyl (C=O) groups is 3. The molecule has 1 fully saturated rings. The van der Waals surface area contributed by atoms with E-state index in [1.165, 1.54) is 6.92 Å². The number of cyclic esters (lactones) is 1. The second-order valence-electron chi connectivity index (χ2n) is 4.83. The number of anilines is 1. The van der Waals surface area contributed by atoms with Crippen molar-refractivity contribution >= 4 is 23.7 Å². The Morgan fingerprint density at radius 3 is 2.52 bits per heavy atom. The Labute approximate surface area is 130 Å². The summed E-state index contributed by atoms with van der Waals surface area (Å²) in [6.07, 6.45) is -1.44. The highest BCUT2D eigenvalue weighted by molar-refractivity contribution is 5.93. The van der Waals surface area contributed by atoms with Gasteiger partial charge in [-0.15, -0.1) is 0 Å². The van der Waals surface area contributed by atoms with Gasteiger partial charge in [0.1, 0.15) is 23.3 Å². The second kappa shape index (κ2) is 6.59. The predicted molar refractivity (Wildman–Crippen MR) is 74.0 cm³/mol. The standard InChI is InChI=1S/C14H14F2N2O5/c1-7(19)17-5-9-6-18(14(21)23-9)8-3-10(15)12(11(16)4-8)13(20)22-2/h3-4,9H,5-6H2,1-2H3,(H,17,19). The molecular weight excluding hydrogens is 314 g/mol. The average molecular weight is 328 g/mol. The number of methoxy groups -OCH3 is 1. The zero-order valence-electron chi connectivity index (χ0n) is 12.4. The van der Waals surface area contributed by atoms with Gasteiger partial charge in [-0.2, -0.15) is 0 Å². The molecule has 0 radical (unpaired) electrons. The van der Waals surface area contributed by atoms with Crippen molar-refractivity contribution in [1.29, 1.82) is 0 Å². The number of benzene rings is 1. The Morgan fingerprint density at radius 1 is 1.39 bits per heavy atom.